The molecule has 24 heteroatoms. The molecule has 0 aliphatic carbocycles. The third-order valence-corrected chi connectivity index (χ3v) is 13.1. The Hall–Kier alpha value is -0.480. The summed E-state index contributed by atoms with van der Waals surface area (Å²) in [4.78, 5) is 0. The van der Waals surface area contributed by atoms with Crippen LogP contribution >= 0.6 is 22.3 Å². The summed E-state index contributed by atoms with van der Waals surface area (Å²) in [6, 6.07) is 0. The van der Waals surface area contributed by atoms with Crippen molar-refractivity contribution in [3.05, 3.63) is 0 Å². The minimum absolute atomic E-state index is 0.543. The fourth-order valence-corrected chi connectivity index (χ4v) is 12.8. The van der Waals surface area contributed by atoms with Crippen LogP contribution < -0.4 is 0 Å². The van der Waals surface area contributed by atoms with E-state index >= 15 is 0 Å². The second-order valence-corrected chi connectivity index (χ2v) is 15.6. The molecule has 0 aromatic heterocycles. The van der Waals surface area contributed by atoms with Gasteiger partial charge in [0.05, 0.1) is 7.21 Å². The smallest absolute Gasteiger partial charge is 0.321 e. The molecule has 0 N–H and O–H groups in total. The van der Waals surface area contributed by atoms with Gasteiger partial charge in [0, 0.05) is 6.66 Å². The number of halogens is 15. The summed E-state index contributed by atoms with van der Waals surface area (Å²) >= 11 is 0. The van der Waals surface area contributed by atoms with Gasteiger partial charge in [-0.15, -0.1) is 0 Å². The lowest BCUT2D eigenvalue weighted by Crippen LogP contribution is -2.41. The molecule has 0 aromatic rings. The summed E-state index contributed by atoms with van der Waals surface area (Å²) in [5, 5.41) is 0. The fourth-order valence-electron chi connectivity index (χ4n) is 1.92. The second-order valence-electron chi connectivity index (χ2n) is 7.36. The van der Waals surface area contributed by atoms with Crippen LogP contribution in [0.3, 0.4) is 0 Å². The average molecular weight is 627 g/mol. The quantitative estimate of drug-likeness (QED) is 0.190. The molecule has 1 aliphatic rings. The summed E-state index contributed by atoms with van der Waals surface area (Å²) in [7, 11) is -13.6. The van der Waals surface area contributed by atoms with Crippen molar-refractivity contribution < 1.29 is 79.4 Å². The minimum atomic E-state index is -6.33. The van der Waals surface area contributed by atoms with E-state index in [0.717, 1.165) is 13.3 Å². The number of alkyl halides is 15. The maximum Gasteiger partial charge on any atom is 0.455 e. The Kier molecular flexibility index (Phi) is 9.25. The van der Waals surface area contributed by atoms with Gasteiger partial charge in [-0.3, -0.25) is 9.05 Å². The first-order chi connectivity index (χ1) is 15.5. The van der Waals surface area contributed by atoms with Gasteiger partial charge in [-0.2, -0.15) is 74.9 Å². The number of hydrogen-bond acceptors (Lipinski definition) is 6. The molecule has 0 amide bonds. The van der Waals surface area contributed by atoms with Gasteiger partial charge < -0.3 is 4.52 Å². The highest BCUT2D eigenvalue weighted by atomic mass is 31.3. The predicted molar refractivity (Wildman–Crippen MR) is 96.7 cm³/mol. The van der Waals surface area contributed by atoms with Crippen molar-refractivity contribution in [1.29, 1.82) is 0 Å². The Balaban J connectivity index is 3.61. The summed E-state index contributed by atoms with van der Waals surface area (Å²) in [6.45, 7) is -5.79. The molecule has 1 unspecified atom stereocenters. The summed E-state index contributed by atoms with van der Waals surface area (Å²) in [5.74, 6) is -17.1. The zero-order valence-electron chi connectivity index (χ0n) is 17.7. The van der Waals surface area contributed by atoms with Gasteiger partial charge in [-0.25, -0.2) is 4.52 Å². The monoisotopic (exact) mass is 627 g/mol. The highest BCUT2D eigenvalue weighted by molar-refractivity contribution is 7.82. The van der Waals surface area contributed by atoms with E-state index in [4.69, 9.17) is 0 Å². The molecule has 0 aromatic carbocycles. The number of rotatable bonds is 9. The molecule has 0 radical (unpaired) electrons. The zero-order chi connectivity index (χ0) is 28.9. The molecule has 0 saturated heterocycles. The standard InChI is InChI=1S/C12H15F15N3O3P3/c1-34(2)28-35(3,31-4-7(13,14)10(19,20)21)30-36(29-34,32-5-8(15,16)11(22,23)24)33-6-9(17,18)12(25,26)27/h4-6H2,1-3H3. The third-order valence-electron chi connectivity index (χ3n) is 3.56. The summed E-state index contributed by atoms with van der Waals surface area (Å²) in [5.41, 5.74) is 0. The lowest BCUT2D eigenvalue weighted by molar-refractivity contribution is -0.293. The van der Waals surface area contributed by atoms with Crippen molar-refractivity contribution in [1.82, 2.24) is 0 Å². The first-order valence-electron chi connectivity index (χ1n) is 8.60. The van der Waals surface area contributed by atoms with Crippen molar-refractivity contribution in [2.24, 2.45) is 13.5 Å². The lowest BCUT2D eigenvalue weighted by Gasteiger charge is -2.33. The van der Waals surface area contributed by atoms with Gasteiger partial charge in [-0.05, 0) is 13.3 Å². The Bertz CT molecular complexity index is 946. The zero-order valence-corrected chi connectivity index (χ0v) is 20.4. The van der Waals surface area contributed by atoms with Crippen molar-refractivity contribution in [2.75, 3.05) is 39.8 Å². The highest BCUT2D eigenvalue weighted by Crippen LogP contribution is 2.77. The van der Waals surface area contributed by atoms with Crippen LogP contribution in [0.4, 0.5) is 65.9 Å². The van der Waals surface area contributed by atoms with Crippen LogP contribution in [0.15, 0.2) is 13.5 Å². The van der Waals surface area contributed by atoms with Crippen LogP contribution in [0.1, 0.15) is 0 Å². The normalized spacial score (nSPS) is 23.5. The molecule has 1 aliphatic heterocycles. The van der Waals surface area contributed by atoms with Gasteiger partial charge in [0.2, 0.25) is 7.43 Å². The van der Waals surface area contributed by atoms with Gasteiger partial charge >= 0.3 is 44.0 Å². The molecule has 216 valence electrons. The van der Waals surface area contributed by atoms with Crippen LogP contribution in [0.5, 0.6) is 0 Å². The second kappa shape index (κ2) is 9.92. The van der Waals surface area contributed by atoms with Crippen LogP contribution in [-0.2, 0) is 13.6 Å². The predicted octanol–water partition coefficient (Wildman–Crippen LogP) is 8.63. The molecule has 1 rings (SSSR count). The van der Waals surface area contributed by atoms with E-state index in [1.54, 1.807) is 0 Å². The first-order valence-corrected chi connectivity index (χ1v) is 14.8. The Morgan fingerprint density at radius 1 is 0.472 bits per heavy atom. The summed E-state index contributed by atoms with van der Waals surface area (Å²) < 4.78 is 215. The Morgan fingerprint density at radius 2 is 0.778 bits per heavy atom. The molecule has 0 saturated carbocycles. The highest BCUT2D eigenvalue weighted by Gasteiger charge is 2.61. The Labute approximate surface area is 192 Å². The fraction of sp³-hybridized carbons (Fsp3) is 1.00. The van der Waals surface area contributed by atoms with E-state index in [9.17, 15) is 65.9 Å². The molecule has 1 heterocycles. The van der Waals surface area contributed by atoms with E-state index in [2.05, 4.69) is 27.1 Å². The van der Waals surface area contributed by atoms with E-state index < -0.39 is 78.4 Å². The maximum atomic E-state index is 13.4. The molecular weight excluding hydrogens is 612 g/mol. The number of hydrogen-bond donors (Lipinski definition) is 0. The molecule has 0 fully saturated rings. The topological polar surface area (TPSA) is 64.8 Å². The van der Waals surface area contributed by atoms with E-state index in [1.165, 1.54) is 0 Å². The van der Waals surface area contributed by atoms with Crippen LogP contribution in [-0.4, -0.2) is 76.1 Å². The van der Waals surface area contributed by atoms with Crippen LogP contribution in [0.2, 0.25) is 0 Å². The molecule has 1 atom stereocenters. The third kappa shape index (κ3) is 8.26. The van der Waals surface area contributed by atoms with Crippen molar-refractivity contribution in [2.45, 2.75) is 36.3 Å². The maximum absolute atomic E-state index is 13.4. The van der Waals surface area contributed by atoms with E-state index in [0.29, 0.717) is 6.66 Å². The number of nitrogens with zero attached hydrogens (tertiary/aromatic N) is 3. The lowest BCUT2D eigenvalue weighted by atomic mass is 10.3. The molecule has 0 bridgehead atoms. The molecule has 6 nitrogen and oxygen atoms in total. The van der Waals surface area contributed by atoms with Crippen LogP contribution in [0, 0.1) is 0 Å². The van der Waals surface area contributed by atoms with Gasteiger partial charge in [0.25, 0.3) is 0 Å². The van der Waals surface area contributed by atoms with Gasteiger partial charge in [0.15, 0.2) is 0 Å². The van der Waals surface area contributed by atoms with Crippen molar-refractivity contribution in [3.8, 4) is 0 Å². The van der Waals surface area contributed by atoms with Crippen molar-refractivity contribution in [3.63, 3.8) is 0 Å². The van der Waals surface area contributed by atoms with Gasteiger partial charge in [-0.1, -0.05) is 0 Å². The van der Waals surface area contributed by atoms with E-state index in [1.807, 2.05) is 0 Å². The Morgan fingerprint density at radius 3 is 1.08 bits per heavy atom. The minimum Gasteiger partial charge on any atom is -0.321 e. The van der Waals surface area contributed by atoms with Crippen LogP contribution in [0.25, 0.3) is 0 Å². The molecular formula is C12H15F15N3O3P3. The molecule has 36 heavy (non-hydrogen) atoms. The van der Waals surface area contributed by atoms with Gasteiger partial charge in [0.1, 0.15) is 19.8 Å². The van der Waals surface area contributed by atoms with E-state index in [-0.39, 0.29) is 0 Å². The van der Waals surface area contributed by atoms with Crippen molar-refractivity contribution >= 4 is 22.3 Å². The SMILES string of the molecule is CP1(C)=NP(C)(OCC(F)(F)C(F)(F)F)=NP(OCC(F)(F)C(F)(F)F)(OCC(F)(F)C(F)(F)F)=N1. The average Bonchev–Trinajstić information content (AvgIpc) is 2.59. The summed E-state index contributed by atoms with van der Waals surface area (Å²) in [6.07, 6.45) is -18.9. The largest absolute Gasteiger partial charge is 0.455 e. The molecule has 0 spiro atoms. The first kappa shape index (κ1) is 33.5.